The predicted molar refractivity (Wildman–Crippen MR) is 68.5 cm³/mol. The molecule has 2 heterocycles. The smallest absolute Gasteiger partial charge is 0.271 e. The lowest BCUT2D eigenvalue weighted by molar-refractivity contribution is 0.0944. The standard InChI is InChI=1S/C12H12BrN3O/c1-16-7-3-4-9(16)8-15-12(17)11-10(13)5-2-6-14-11/h2-7H,8H2,1H3,(H,15,17). The number of halogens is 1. The quantitative estimate of drug-likeness (QED) is 0.942. The van der Waals surface area contributed by atoms with Gasteiger partial charge < -0.3 is 9.88 Å². The average Bonchev–Trinajstić information content (AvgIpc) is 2.72. The molecule has 0 bridgehead atoms. The van der Waals surface area contributed by atoms with Gasteiger partial charge in [0.2, 0.25) is 0 Å². The van der Waals surface area contributed by atoms with E-state index in [-0.39, 0.29) is 5.91 Å². The van der Waals surface area contributed by atoms with Crippen LogP contribution in [0.15, 0.2) is 41.1 Å². The summed E-state index contributed by atoms with van der Waals surface area (Å²) in [5, 5.41) is 2.83. The molecule has 0 unspecified atom stereocenters. The second-order valence-corrected chi connectivity index (χ2v) is 4.48. The predicted octanol–water partition coefficient (Wildman–Crippen LogP) is 2.11. The van der Waals surface area contributed by atoms with Gasteiger partial charge in [-0.15, -0.1) is 0 Å². The zero-order chi connectivity index (χ0) is 12.3. The fourth-order valence-electron chi connectivity index (χ4n) is 1.49. The summed E-state index contributed by atoms with van der Waals surface area (Å²) < 4.78 is 2.66. The van der Waals surface area contributed by atoms with E-state index in [2.05, 4.69) is 26.2 Å². The highest BCUT2D eigenvalue weighted by Crippen LogP contribution is 2.13. The summed E-state index contributed by atoms with van der Waals surface area (Å²) in [7, 11) is 1.94. The van der Waals surface area contributed by atoms with E-state index in [1.54, 1.807) is 18.3 Å². The molecule has 0 saturated carbocycles. The van der Waals surface area contributed by atoms with Gasteiger partial charge in [-0.05, 0) is 40.2 Å². The van der Waals surface area contributed by atoms with Gasteiger partial charge >= 0.3 is 0 Å². The van der Waals surface area contributed by atoms with Crippen molar-refractivity contribution >= 4 is 21.8 Å². The first-order chi connectivity index (χ1) is 8.18. The fraction of sp³-hybridized carbons (Fsp3) is 0.167. The molecule has 2 aromatic heterocycles. The number of nitrogens with zero attached hydrogens (tertiary/aromatic N) is 2. The molecule has 0 aromatic carbocycles. The van der Waals surface area contributed by atoms with Gasteiger partial charge in [0.15, 0.2) is 0 Å². The minimum Gasteiger partial charge on any atom is -0.353 e. The molecule has 4 nitrogen and oxygen atoms in total. The van der Waals surface area contributed by atoms with E-state index in [0.29, 0.717) is 16.7 Å². The Labute approximate surface area is 108 Å². The summed E-state index contributed by atoms with van der Waals surface area (Å²) in [5.41, 5.74) is 1.45. The summed E-state index contributed by atoms with van der Waals surface area (Å²) in [6, 6.07) is 7.48. The molecule has 88 valence electrons. The molecule has 0 atom stereocenters. The van der Waals surface area contributed by atoms with Crippen molar-refractivity contribution in [3.05, 3.63) is 52.5 Å². The first kappa shape index (κ1) is 11.9. The highest BCUT2D eigenvalue weighted by Gasteiger charge is 2.10. The number of aromatic nitrogens is 2. The van der Waals surface area contributed by atoms with Crippen molar-refractivity contribution in [3.8, 4) is 0 Å². The summed E-state index contributed by atoms with van der Waals surface area (Å²) in [5.74, 6) is -0.182. The second kappa shape index (κ2) is 5.14. The van der Waals surface area contributed by atoms with E-state index in [1.165, 1.54) is 0 Å². The van der Waals surface area contributed by atoms with Crippen LogP contribution in [0, 0.1) is 0 Å². The molecule has 5 heteroatoms. The van der Waals surface area contributed by atoms with Crippen LogP contribution < -0.4 is 5.32 Å². The van der Waals surface area contributed by atoms with E-state index >= 15 is 0 Å². The molecule has 1 N–H and O–H groups in total. The van der Waals surface area contributed by atoms with Crippen molar-refractivity contribution in [2.24, 2.45) is 7.05 Å². The lowest BCUT2D eigenvalue weighted by Crippen LogP contribution is -2.25. The van der Waals surface area contributed by atoms with Crippen LogP contribution in [0.25, 0.3) is 0 Å². The van der Waals surface area contributed by atoms with Gasteiger partial charge in [-0.1, -0.05) is 0 Å². The van der Waals surface area contributed by atoms with Crippen molar-refractivity contribution in [2.75, 3.05) is 0 Å². The van der Waals surface area contributed by atoms with Crippen LogP contribution in [-0.2, 0) is 13.6 Å². The molecule has 17 heavy (non-hydrogen) atoms. The Bertz CT molecular complexity index is 536. The maximum atomic E-state index is 11.9. The summed E-state index contributed by atoms with van der Waals surface area (Å²) >= 11 is 3.30. The largest absolute Gasteiger partial charge is 0.353 e. The lowest BCUT2D eigenvalue weighted by Gasteiger charge is -2.06. The Morgan fingerprint density at radius 3 is 2.94 bits per heavy atom. The number of amides is 1. The monoisotopic (exact) mass is 293 g/mol. The molecule has 0 aliphatic rings. The van der Waals surface area contributed by atoms with E-state index < -0.39 is 0 Å². The molecule has 0 saturated heterocycles. The molecule has 2 rings (SSSR count). The van der Waals surface area contributed by atoms with Gasteiger partial charge in [0.1, 0.15) is 5.69 Å². The second-order valence-electron chi connectivity index (χ2n) is 3.63. The van der Waals surface area contributed by atoms with Crippen LogP contribution in [-0.4, -0.2) is 15.5 Å². The Morgan fingerprint density at radius 2 is 2.29 bits per heavy atom. The first-order valence-electron chi connectivity index (χ1n) is 5.17. The molecule has 0 radical (unpaired) electrons. The Morgan fingerprint density at radius 1 is 1.47 bits per heavy atom. The first-order valence-corrected chi connectivity index (χ1v) is 5.96. The van der Waals surface area contributed by atoms with Gasteiger partial charge in [0.25, 0.3) is 5.91 Å². The fourth-order valence-corrected chi connectivity index (χ4v) is 1.92. The third-order valence-corrected chi connectivity index (χ3v) is 3.09. The number of pyridine rings is 1. The minimum atomic E-state index is -0.182. The van der Waals surface area contributed by atoms with Crippen LogP contribution >= 0.6 is 15.9 Å². The zero-order valence-corrected chi connectivity index (χ0v) is 10.9. The molecular weight excluding hydrogens is 282 g/mol. The molecular formula is C12H12BrN3O. The van der Waals surface area contributed by atoms with Gasteiger partial charge in [-0.25, -0.2) is 4.98 Å². The van der Waals surface area contributed by atoms with Gasteiger partial charge in [0, 0.05) is 29.6 Å². The number of rotatable bonds is 3. The van der Waals surface area contributed by atoms with Crippen LogP contribution in [0.5, 0.6) is 0 Å². The van der Waals surface area contributed by atoms with E-state index in [9.17, 15) is 4.79 Å². The van der Waals surface area contributed by atoms with Gasteiger partial charge in [0.05, 0.1) is 6.54 Å². The summed E-state index contributed by atoms with van der Waals surface area (Å²) in [4.78, 5) is 15.9. The molecule has 0 aliphatic carbocycles. The highest BCUT2D eigenvalue weighted by atomic mass is 79.9. The van der Waals surface area contributed by atoms with Crippen LogP contribution in [0.3, 0.4) is 0 Å². The Hall–Kier alpha value is -1.62. The number of hydrogen-bond donors (Lipinski definition) is 1. The molecule has 0 spiro atoms. The highest BCUT2D eigenvalue weighted by molar-refractivity contribution is 9.10. The SMILES string of the molecule is Cn1cccc1CNC(=O)c1ncccc1Br. The average molecular weight is 294 g/mol. The van der Waals surface area contributed by atoms with Crippen molar-refractivity contribution in [1.82, 2.24) is 14.9 Å². The molecule has 0 fully saturated rings. The summed E-state index contributed by atoms with van der Waals surface area (Å²) in [6.07, 6.45) is 3.54. The van der Waals surface area contributed by atoms with Crippen LogP contribution in [0.4, 0.5) is 0 Å². The number of carbonyl (C=O) groups excluding carboxylic acids is 1. The normalized spacial score (nSPS) is 10.2. The minimum absolute atomic E-state index is 0.182. The third kappa shape index (κ3) is 2.74. The van der Waals surface area contributed by atoms with Crippen molar-refractivity contribution in [1.29, 1.82) is 0 Å². The lowest BCUT2D eigenvalue weighted by atomic mass is 10.3. The van der Waals surface area contributed by atoms with Gasteiger partial charge in [-0.3, -0.25) is 4.79 Å². The van der Waals surface area contributed by atoms with Gasteiger partial charge in [-0.2, -0.15) is 0 Å². The summed E-state index contributed by atoms with van der Waals surface area (Å²) in [6.45, 7) is 0.491. The number of aryl methyl sites for hydroxylation is 1. The Balaban J connectivity index is 2.04. The maximum absolute atomic E-state index is 11.9. The van der Waals surface area contributed by atoms with Crippen LogP contribution in [0.1, 0.15) is 16.2 Å². The molecule has 2 aromatic rings. The maximum Gasteiger partial charge on any atom is 0.271 e. The number of nitrogens with one attached hydrogen (secondary N) is 1. The third-order valence-electron chi connectivity index (χ3n) is 2.45. The molecule has 0 aliphatic heterocycles. The Kier molecular flexibility index (Phi) is 3.58. The topological polar surface area (TPSA) is 46.9 Å². The van der Waals surface area contributed by atoms with E-state index in [0.717, 1.165) is 5.69 Å². The van der Waals surface area contributed by atoms with Crippen molar-refractivity contribution < 1.29 is 4.79 Å². The van der Waals surface area contributed by atoms with Crippen molar-refractivity contribution in [3.63, 3.8) is 0 Å². The number of hydrogen-bond acceptors (Lipinski definition) is 2. The van der Waals surface area contributed by atoms with Crippen molar-refractivity contribution in [2.45, 2.75) is 6.54 Å². The molecule has 1 amide bonds. The number of carbonyl (C=O) groups is 1. The van der Waals surface area contributed by atoms with E-state index in [4.69, 9.17) is 0 Å². The zero-order valence-electron chi connectivity index (χ0n) is 9.35. The van der Waals surface area contributed by atoms with E-state index in [1.807, 2.05) is 29.9 Å². The van der Waals surface area contributed by atoms with Crippen LogP contribution in [0.2, 0.25) is 0 Å².